The molecule has 2 nitrogen and oxygen atoms in total. The van der Waals surface area contributed by atoms with Crippen LogP contribution in [-0.4, -0.2) is 31.6 Å². The van der Waals surface area contributed by atoms with Crippen LogP contribution in [-0.2, 0) is 0 Å². The highest BCUT2D eigenvalue weighted by Gasteiger charge is 2.13. The van der Waals surface area contributed by atoms with Crippen molar-refractivity contribution in [3.8, 4) is 0 Å². The van der Waals surface area contributed by atoms with E-state index in [0.717, 1.165) is 19.5 Å². The predicted octanol–water partition coefficient (Wildman–Crippen LogP) is 4.22. The molecule has 1 aromatic carbocycles. The summed E-state index contributed by atoms with van der Waals surface area (Å²) in [6.45, 7) is 7.76. The fourth-order valence-corrected chi connectivity index (χ4v) is 2.82. The van der Waals surface area contributed by atoms with Crippen molar-refractivity contribution in [1.82, 2.24) is 10.2 Å². The lowest BCUT2D eigenvalue weighted by molar-refractivity contribution is 0.303. The molecular weight excluding hydrogens is 300 g/mol. The van der Waals surface area contributed by atoms with Gasteiger partial charge in [0.25, 0.3) is 0 Å². The van der Waals surface area contributed by atoms with Gasteiger partial charge in [-0.25, -0.2) is 0 Å². The molecule has 0 bridgehead atoms. The van der Waals surface area contributed by atoms with E-state index in [9.17, 15) is 0 Å². The second-order valence-corrected chi connectivity index (χ2v) is 5.93. The van der Waals surface area contributed by atoms with Gasteiger partial charge in [-0.2, -0.15) is 0 Å². The molecule has 0 fully saturated rings. The highest BCUT2D eigenvalue weighted by Crippen LogP contribution is 2.25. The van der Waals surface area contributed by atoms with Crippen molar-refractivity contribution in [2.24, 2.45) is 0 Å². The van der Waals surface area contributed by atoms with Crippen molar-refractivity contribution in [1.29, 1.82) is 0 Å². The van der Waals surface area contributed by atoms with Gasteiger partial charge in [0, 0.05) is 10.5 Å². The van der Waals surface area contributed by atoms with Gasteiger partial charge < -0.3 is 10.2 Å². The monoisotopic (exact) mass is 326 g/mol. The molecule has 108 valence electrons. The summed E-state index contributed by atoms with van der Waals surface area (Å²) >= 11 is 3.66. The first kappa shape index (κ1) is 16.7. The molecule has 0 saturated heterocycles. The molecule has 0 heterocycles. The molecule has 0 radical (unpaired) electrons. The zero-order valence-corrected chi connectivity index (χ0v) is 14.0. The number of rotatable bonds is 9. The Hall–Kier alpha value is -0.380. The zero-order valence-electron chi connectivity index (χ0n) is 12.5. The number of nitrogens with one attached hydrogen (secondary N) is 1. The van der Waals surface area contributed by atoms with Gasteiger partial charge in [0.2, 0.25) is 0 Å². The van der Waals surface area contributed by atoms with Gasteiger partial charge in [0.1, 0.15) is 0 Å². The summed E-state index contributed by atoms with van der Waals surface area (Å²) in [7, 11) is 2.22. The van der Waals surface area contributed by atoms with E-state index in [1.165, 1.54) is 29.4 Å². The molecule has 0 aromatic heterocycles. The molecule has 0 spiro atoms. The summed E-state index contributed by atoms with van der Waals surface area (Å²) in [5.74, 6) is 0. The number of halogens is 1. The van der Waals surface area contributed by atoms with Crippen LogP contribution in [0.1, 0.15) is 44.7 Å². The molecule has 1 unspecified atom stereocenters. The van der Waals surface area contributed by atoms with Crippen molar-refractivity contribution in [3.05, 3.63) is 34.3 Å². The summed E-state index contributed by atoms with van der Waals surface area (Å²) < 4.78 is 1.21. The molecule has 1 N–H and O–H groups in total. The fraction of sp³-hybridized carbons (Fsp3) is 0.625. The van der Waals surface area contributed by atoms with Crippen LogP contribution in [0.2, 0.25) is 0 Å². The van der Waals surface area contributed by atoms with Crippen molar-refractivity contribution < 1.29 is 0 Å². The third-order valence-corrected chi connectivity index (χ3v) is 4.15. The van der Waals surface area contributed by atoms with Crippen LogP contribution in [0.4, 0.5) is 0 Å². The van der Waals surface area contributed by atoms with Gasteiger partial charge in [-0.1, -0.05) is 54.4 Å². The van der Waals surface area contributed by atoms with Gasteiger partial charge in [0.15, 0.2) is 0 Å². The van der Waals surface area contributed by atoms with Crippen LogP contribution >= 0.6 is 15.9 Å². The summed E-state index contributed by atoms with van der Waals surface area (Å²) in [5, 5.41) is 3.59. The number of unbranched alkanes of at least 4 members (excludes halogenated alkanes) is 1. The maximum Gasteiger partial charge on any atom is 0.0343 e. The van der Waals surface area contributed by atoms with Crippen LogP contribution < -0.4 is 5.32 Å². The maximum atomic E-state index is 3.66. The van der Waals surface area contributed by atoms with E-state index in [-0.39, 0.29) is 0 Å². The summed E-state index contributed by atoms with van der Waals surface area (Å²) in [6, 6.07) is 8.96. The molecule has 19 heavy (non-hydrogen) atoms. The second kappa shape index (κ2) is 9.51. The Morgan fingerprint density at radius 2 is 1.95 bits per heavy atom. The normalized spacial score (nSPS) is 12.9. The van der Waals surface area contributed by atoms with Gasteiger partial charge >= 0.3 is 0 Å². The van der Waals surface area contributed by atoms with Gasteiger partial charge in [-0.05, 0) is 51.2 Å². The standard InChI is InChI=1S/C16H27BrN2/c1-4-6-12-19(3)13-11-16(18-5-2)14-9-7-8-10-15(14)17/h7-10,16,18H,4-6,11-13H2,1-3H3. The Kier molecular flexibility index (Phi) is 8.35. The Morgan fingerprint density at radius 1 is 1.21 bits per heavy atom. The zero-order chi connectivity index (χ0) is 14.1. The number of benzene rings is 1. The van der Waals surface area contributed by atoms with Crippen LogP contribution in [0, 0.1) is 0 Å². The van der Waals surface area contributed by atoms with E-state index in [1.54, 1.807) is 0 Å². The van der Waals surface area contributed by atoms with Crippen LogP contribution in [0.25, 0.3) is 0 Å². The first-order chi connectivity index (χ1) is 9.19. The van der Waals surface area contributed by atoms with Gasteiger partial charge in [0.05, 0.1) is 0 Å². The number of hydrogen-bond donors (Lipinski definition) is 1. The molecule has 0 aliphatic rings. The lowest BCUT2D eigenvalue weighted by Crippen LogP contribution is -2.28. The van der Waals surface area contributed by atoms with Crippen LogP contribution in [0.15, 0.2) is 28.7 Å². The van der Waals surface area contributed by atoms with Crippen molar-refractivity contribution in [2.75, 3.05) is 26.7 Å². The smallest absolute Gasteiger partial charge is 0.0343 e. The largest absolute Gasteiger partial charge is 0.310 e. The van der Waals surface area contributed by atoms with Gasteiger partial charge in [-0.15, -0.1) is 0 Å². The van der Waals surface area contributed by atoms with Crippen molar-refractivity contribution in [2.45, 2.75) is 39.2 Å². The van der Waals surface area contributed by atoms with E-state index in [1.807, 2.05) is 0 Å². The third kappa shape index (κ3) is 6.07. The van der Waals surface area contributed by atoms with E-state index in [4.69, 9.17) is 0 Å². The molecule has 0 amide bonds. The topological polar surface area (TPSA) is 15.3 Å². The molecule has 1 atom stereocenters. The van der Waals surface area contributed by atoms with Crippen molar-refractivity contribution >= 4 is 15.9 Å². The average molecular weight is 327 g/mol. The molecule has 0 saturated carbocycles. The Labute approximate surface area is 126 Å². The molecular formula is C16H27BrN2. The minimum atomic E-state index is 0.435. The number of hydrogen-bond acceptors (Lipinski definition) is 2. The second-order valence-electron chi connectivity index (χ2n) is 5.08. The molecule has 1 rings (SSSR count). The first-order valence-corrected chi connectivity index (χ1v) is 8.14. The van der Waals surface area contributed by atoms with Crippen LogP contribution in [0.5, 0.6) is 0 Å². The molecule has 0 aliphatic heterocycles. The summed E-state index contributed by atoms with van der Waals surface area (Å²) in [4.78, 5) is 2.44. The Bertz CT molecular complexity index is 354. The van der Waals surface area contributed by atoms with E-state index in [0.29, 0.717) is 6.04 Å². The Morgan fingerprint density at radius 3 is 2.58 bits per heavy atom. The van der Waals surface area contributed by atoms with Crippen LogP contribution in [0.3, 0.4) is 0 Å². The molecule has 1 aromatic rings. The molecule has 0 aliphatic carbocycles. The lowest BCUT2D eigenvalue weighted by atomic mass is 10.0. The van der Waals surface area contributed by atoms with E-state index < -0.39 is 0 Å². The van der Waals surface area contributed by atoms with Crippen molar-refractivity contribution in [3.63, 3.8) is 0 Å². The summed E-state index contributed by atoms with van der Waals surface area (Å²) in [6.07, 6.45) is 3.71. The first-order valence-electron chi connectivity index (χ1n) is 7.35. The quantitative estimate of drug-likeness (QED) is 0.730. The average Bonchev–Trinajstić information content (AvgIpc) is 2.42. The maximum absolute atomic E-state index is 3.66. The fourth-order valence-electron chi connectivity index (χ4n) is 2.26. The molecule has 3 heteroatoms. The highest BCUT2D eigenvalue weighted by molar-refractivity contribution is 9.10. The lowest BCUT2D eigenvalue weighted by Gasteiger charge is -2.23. The van der Waals surface area contributed by atoms with Gasteiger partial charge in [-0.3, -0.25) is 0 Å². The SMILES string of the molecule is CCCCN(C)CCC(NCC)c1ccccc1Br. The minimum absolute atomic E-state index is 0.435. The minimum Gasteiger partial charge on any atom is -0.310 e. The Balaban J connectivity index is 2.56. The number of nitrogens with zero attached hydrogens (tertiary/aromatic N) is 1. The van der Waals surface area contributed by atoms with E-state index in [2.05, 4.69) is 71.3 Å². The third-order valence-electron chi connectivity index (χ3n) is 3.42. The summed E-state index contributed by atoms with van der Waals surface area (Å²) in [5.41, 5.74) is 1.37. The predicted molar refractivity (Wildman–Crippen MR) is 87.6 cm³/mol. The highest BCUT2D eigenvalue weighted by atomic mass is 79.9. The van der Waals surface area contributed by atoms with E-state index >= 15 is 0 Å².